The van der Waals surface area contributed by atoms with E-state index in [4.69, 9.17) is 16.6 Å². The lowest BCUT2D eigenvalue weighted by atomic mass is 10.0. The molecule has 4 nitrogen and oxygen atoms in total. The summed E-state index contributed by atoms with van der Waals surface area (Å²) in [5, 5.41) is 1.60. The molecule has 4 rings (SSSR count). The van der Waals surface area contributed by atoms with Crippen molar-refractivity contribution in [2.75, 3.05) is 32.7 Å². The number of halogens is 1. The summed E-state index contributed by atoms with van der Waals surface area (Å²) in [6, 6.07) is 17.4. The Morgan fingerprint density at radius 1 is 1.11 bits per heavy atom. The molecule has 3 aromatic rings. The molecule has 138 valence electrons. The molecule has 1 aliphatic rings. The number of likely N-dealkylation sites (N-methyl/N-ethyl adjacent to an activating group) is 1. The van der Waals surface area contributed by atoms with Gasteiger partial charge in [-0.1, -0.05) is 41.9 Å². The maximum absolute atomic E-state index is 13.3. The van der Waals surface area contributed by atoms with Gasteiger partial charge in [-0.05, 0) is 31.2 Å². The maximum Gasteiger partial charge on any atom is 0.255 e. The van der Waals surface area contributed by atoms with Crippen LogP contribution in [-0.4, -0.2) is 48.5 Å². The minimum atomic E-state index is 0.0963. The zero-order valence-electron chi connectivity index (χ0n) is 15.4. The first kappa shape index (κ1) is 18.0. The monoisotopic (exact) mass is 380 g/mol. The summed E-state index contributed by atoms with van der Waals surface area (Å²) in [7, 11) is 0. The maximum atomic E-state index is 13.3. The molecule has 1 N–H and O–H groups in total. The van der Waals surface area contributed by atoms with E-state index < -0.39 is 0 Å². The number of aromatic nitrogens is 1. The van der Waals surface area contributed by atoms with E-state index >= 15 is 0 Å². The number of nitrogens with zero attached hydrogens (tertiary/aromatic N) is 2. The third kappa shape index (κ3) is 3.68. The molecule has 1 saturated heterocycles. The number of nitrogens with one attached hydrogen (secondary N) is 1. The molecule has 1 aromatic heterocycles. The molecular weight excluding hydrogens is 358 g/mol. The quantitative estimate of drug-likeness (QED) is 0.758. The highest BCUT2D eigenvalue weighted by molar-refractivity contribution is 6.30. The fourth-order valence-electron chi connectivity index (χ4n) is 3.67. The molecule has 0 spiro atoms. The van der Waals surface area contributed by atoms with Gasteiger partial charge in [-0.25, -0.2) is 4.98 Å². The molecule has 2 aromatic carbocycles. The average molecular weight is 381 g/mol. The number of rotatable bonds is 3. The van der Waals surface area contributed by atoms with E-state index in [1.165, 1.54) is 0 Å². The molecule has 0 atom stereocenters. The van der Waals surface area contributed by atoms with Crippen LogP contribution < -0.4 is 4.90 Å². The van der Waals surface area contributed by atoms with Gasteiger partial charge in [0.15, 0.2) is 0 Å². The van der Waals surface area contributed by atoms with Gasteiger partial charge in [0, 0.05) is 16.0 Å². The Balaban J connectivity index is 1.74. The van der Waals surface area contributed by atoms with Crippen LogP contribution in [0.1, 0.15) is 17.3 Å². The fraction of sp³-hybridized carbons (Fsp3) is 0.273. The Labute approximate surface area is 164 Å². The van der Waals surface area contributed by atoms with E-state index in [2.05, 4.69) is 6.92 Å². The van der Waals surface area contributed by atoms with Crippen LogP contribution in [0.2, 0.25) is 5.02 Å². The van der Waals surface area contributed by atoms with Gasteiger partial charge in [0.2, 0.25) is 0 Å². The van der Waals surface area contributed by atoms with Gasteiger partial charge in [0.1, 0.15) is 0 Å². The van der Waals surface area contributed by atoms with E-state index in [1.807, 2.05) is 59.5 Å². The van der Waals surface area contributed by atoms with Gasteiger partial charge in [0.25, 0.3) is 5.91 Å². The molecule has 0 unspecified atom stereocenters. The van der Waals surface area contributed by atoms with Crippen LogP contribution in [0.25, 0.3) is 22.2 Å². The normalized spacial score (nSPS) is 15.3. The Morgan fingerprint density at radius 3 is 2.52 bits per heavy atom. The van der Waals surface area contributed by atoms with Crippen molar-refractivity contribution in [1.29, 1.82) is 0 Å². The highest BCUT2D eigenvalue weighted by Crippen LogP contribution is 2.26. The lowest BCUT2D eigenvalue weighted by Crippen LogP contribution is -3.14. The van der Waals surface area contributed by atoms with Crippen LogP contribution in [0.15, 0.2) is 54.6 Å². The second kappa shape index (κ2) is 7.67. The van der Waals surface area contributed by atoms with Crippen molar-refractivity contribution in [2.45, 2.75) is 6.92 Å². The van der Waals surface area contributed by atoms with Gasteiger partial charge < -0.3 is 9.80 Å². The molecule has 1 fully saturated rings. The first-order valence-corrected chi connectivity index (χ1v) is 9.82. The Hall–Kier alpha value is -2.43. The summed E-state index contributed by atoms with van der Waals surface area (Å²) in [5.74, 6) is 0.0963. The van der Waals surface area contributed by atoms with Crippen molar-refractivity contribution < 1.29 is 9.69 Å². The number of fused-ring (bicyclic) bond motifs is 1. The Bertz CT molecular complexity index is 963. The second-order valence-corrected chi connectivity index (χ2v) is 7.41. The predicted octanol–water partition coefficient (Wildman–Crippen LogP) is 2.92. The second-order valence-electron chi connectivity index (χ2n) is 6.97. The SMILES string of the molecule is CC[NH+]1CCN(C(=O)c2cc(-c3ccc(Cl)cc3)nc3ccccc23)CC1. The summed E-state index contributed by atoms with van der Waals surface area (Å²) in [6.07, 6.45) is 0. The van der Waals surface area contributed by atoms with Gasteiger partial charge in [-0.15, -0.1) is 0 Å². The predicted molar refractivity (Wildman–Crippen MR) is 109 cm³/mol. The third-order valence-corrected chi connectivity index (χ3v) is 5.60. The largest absolute Gasteiger partial charge is 0.332 e. The third-order valence-electron chi connectivity index (χ3n) is 5.34. The van der Waals surface area contributed by atoms with Crippen molar-refractivity contribution in [1.82, 2.24) is 9.88 Å². The number of hydrogen-bond acceptors (Lipinski definition) is 2. The van der Waals surface area contributed by atoms with E-state index in [1.54, 1.807) is 4.90 Å². The van der Waals surface area contributed by atoms with Crippen molar-refractivity contribution in [3.05, 3.63) is 65.2 Å². The first-order chi connectivity index (χ1) is 13.2. The molecule has 1 amide bonds. The number of hydrogen-bond donors (Lipinski definition) is 1. The number of amides is 1. The molecule has 5 heteroatoms. The number of piperazine rings is 1. The van der Waals surface area contributed by atoms with Crippen LogP contribution in [0.4, 0.5) is 0 Å². The van der Waals surface area contributed by atoms with Crippen LogP contribution >= 0.6 is 11.6 Å². The zero-order chi connectivity index (χ0) is 18.8. The number of carbonyl (C=O) groups excluding carboxylic acids is 1. The minimum absolute atomic E-state index is 0.0963. The number of benzene rings is 2. The van der Waals surface area contributed by atoms with Crippen LogP contribution in [0.3, 0.4) is 0 Å². The van der Waals surface area contributed by atoms with E-state index in [0.717, 1.165) is 60.4 Å². The molecular formula is C22H23ClN3O+. The number of quaternary nitrogens is 1. The number of carbonyl (C=O) groups is 1. The molecule has 0 aliphatic carbocycles. The molecule has 0 bridgehead atoms. The lowest BCUT2D eigenvalue weighted by molar-refractivity contribution is -0.902. The van der Waals surface area contributed by atoms with Crippen molar-refractivity contribution in [3.8, 4) is 11.3 Å². The minimum Gasteiger partial charge on any atom is -0.332 e. The molecule has 0 saturated carbocycles. The average Bonchev–Trinajstić information content (AvgIpc) is 2.73. The van der Waals surface area contributed by atoms with Gasteiger partial charge >= 0.3 is 0 Å². The topological polar surface area (TPSA) is 37.6 Å². The smallest absolute Gasteiger partial charge is 0.255 e. The summed E-state index contributed by atoms with van der Waals surface area (Å²) >= 11 is 6.02. The number of para-hydroxylation sites is 1. The van der Waals surface area contributed by atoms with Crippen LogP contribution in [-0.2, 0) is 0 Å². The standard InChI is InChI=1S/C22H22ClN3O/c1-2-25-11-13-26(14-12-25)22(27)19-15-21(16-7-9-17(23)10-8-16)24-20-6-4-3-5-18(19)20/h3-10,15H,2,11-14H2,1H3/p+1. The van der Waals surface area contributed by atoms with Crippen LogP contribution in [0.5, 0.6) is 0 Å². The highest BCUT2D eigenvalue weighted by atomic mass is 35.5. The molecule has 2 heterocycles. The van der Waals surface area contributed by atoms with Gasteiger partial charge in [-0.3, -0.25) is 4.79 Å². The molecule has 27 heavy (non-hydrogen) atoms. The summed E-state index contributed by atoms with van der Waals surface area (Å²) in [6.45, 7) is 6.93. The Morgan fingerprint density at radius 2 is 1.81 bits per heavy atom. The van der Waals surface area contributed by atoms with Gasteiger partial charge in [-0.2, -0.15) is 0 Å². The van der Waals surface area contributed by atoms with E-state index in [-0.39, 0.29) is 5.91 Å². The molecule has 0 radical (unpaired) electrons. The van der Waals surface area contributed by atoms with Crippen molar-refractivity contribution >= 4 is 28.4 Å². The van der Waals surface area contributed by atoms with Crippen molar-refractivity contribution in [3.63, 3.8) is 0 Å². The summed E-state index contributed by atoms with van der Waals surface area (Å²) in [4.78, 5) is 21.6. The Kier molecular flexibility index (Phi) is 5.10. The van der Waals surface area contributed by atoms with Crippen molar-refractivity contribution in [2.24, 2.45) is 0 Å². The van der Waals surface area contributed by atoms with E-state index in [0.29, 0.717) is 5.02 Å². The van der Waals surface area contributed by atoms with Crippen LogP contribution in [0, 0.1) is 0 Å². The van der Waals surface area contributed by atoms with E-state index in [9.17, 15) is 4.79 Å². The first-order valence-electron chi connectivity index (χ1n) is 9.44. The van der Waals surface area contributed by atoms with Gasteiger partial charge in [0.05, 0.1) is 49.5 Å². The molecule has 1 aliphatic heterocycles. The summed E-state index contributed by atoms with van der Waals surface area (Å²) in [5.41, 5.74) is 3.32. The fourth-order valence-corrected chi connectivity index (χ4v) is 3.80. The number of pyridine rings is 1. The highest BCUT2D eigenvalue weighted by Gasteiger charge is 2.25. The zero-order valence-corrected chi connectivity index (χ0v) is 16.2. The lowest BCUT2D eigenvalue weighted by Gasteiger charge is -2.32. The summed E-state index contributed by atoms with van der Waals surface area (Å²) < 4.78 is 0.